The van der Waals surface area contributed by atoms with Crippen LogP contribution in [0.2, 0.25) is 0 Å². The van der Waals surface area contributed by atoms with Crippen molar-refractivity contribution in [1.82, 2.24) is 0 Å². The van der Waals surface area contributed by atoms with Gasteiger partial charge in [0.15, 0.2) is 5.78 Å². The average molecular weight is 521 g/mol. The maximum absolute atomic E-state index is 13.6. The molecule has 0 saturated carbocycles. The van der Waals surface area contributed by atoms with E-state index in [4.69, 9.17) is 9.15 Å². The molecule has 0 aromatic carbocycles. The number of carbonyl (C=O) groups is 1. The lowest BCUT2D eigenvalue weighted by molar-refractivity contribution is -0.319. The molecule has 0 bridgehead atoms. The van der Waals surface area contributed by atoms with Gasteiger partial charge < -0.3 is 9.84 Å². The Morgan fingerprint density at radius 3 is 1.58 bits per heavy atom. The van der Waals surface area contributed by atoms with Crippen molar-refractivity contribution < 1.29 is 19.1 Å². The molecule has 208 valence electrons. The van der Waals surface area contributed by atoms with Crippen molar-refractivity contribution in [2.45, 2.75) is 114 Å². The second-order valence-electron chi connectivity index (χ2n) is 15.2. The van der Waals surface area contributed by atoms with E-state index in [1.807, 2.05) is 38.1 Å². The van der Waals surface area contributed by atoms with E-state index in [1.165, 1.54) is 0 Å². The van der Waals surface area contributed by atoms with Gasteiger partial charge in [-0.25, -0.2) is 4.42 Å². The molecule has 1 aliphatic heterocycles. The lowest BCUT2D eigenvalue weighted by atomic mass is 9.69. The zero-order valence-corrected chi connectivity index (χ0v) is 26.1. The number of carbonyl (C=O) groups excluding carboxylic acids is 1. The smallest absolute Gasteiger partial charge is 0.334 e. The fourth-order valence-electron chi connectivity index (χ4n) is 4.62. The number of ketones is 1. The Labute approximate surface area is 230 Å². The summed E-state index contributed by atoms with van der Waals surface area (Å²) in [4.78, 5) is 13.6. The van der Waals surface area contributed by atoms with Crippen molar-refractivity contribution in [3.05, 3.63) is 75.4 Å². The van der Waals surface area contributed by atoms with Gasteiger partial charge in [-0.1, -0.05) is 48.5 Å². The largest absolute Gasteiger partial charge is 0.874 e. The second kappa shape index (κ2) is 9.54. The van der Waals surface area contributed by atoms with E-state index in [2.05, 4.69) is 83.1 Å². The number of Topliss-reactive ketones (excluding diaryl/α,β-unsaturated/α-hetero) is 1. The summed E-state index contributed by atoms with van der Waals surface area (Å²) < 4.78 is 12.6. The van der Waals surface area contributed by atoms with Crippen LogP contribution in [0.15, 0.2) is 62.7 Å². The molecule has 0 saturated heterocycles. The van der Waals surface area contributed by atoms with Crippen LogP contribution >= 0.6 is 0 Å². The number of rotatable bonds is 3. The Kier molecular flexibility index (Phi) is 7.51. The minimum atomic E-state index is -0.680. The molecule has 2 unspecified atom stereocenters. The van der Waals surface area contributed by atoms with Gasteiger partial charge in [0, 0.05) is 34.5 Å². The van der Waals surface area contributed by atoms with E-state index in [0.29, 0.717) is 5.57 Å². The fraction of sp³-hybridized carbons (Fsp3) is 0.588. The summed E-state index contributed by atoms with van der Waals surface area (Å²) in [6, 6.07) is 4.05. The predicted octanol–water partition coefficient (Wildman–Crippen LogP) is 8.28. The van der Waals surface area contributed by atoms with Crippen LogP contribution in [0, 0.1) is 16.7 Å². The lowest BCUT2D eigenvalue weighted by Gasteiger charge is -2.41. The first kappa shape index (κ1) is 29.9. The maximum atomic E-state index is 13.6. The average Bonchev–Trinajstić information content (AvgIpc) is 2.76. The lowest BCUT2D eigenvalue weighted by Crippen LogP contribution is -2.41. The summed E-state index contributed by atoms with van der Waals surface area (Å²) in [5.41, 5.74) is 2.08. The van der Waals surface area contributed by atoms with Crippen molar-refractivity contribution in [2.24, 2.45) is 16.7 Å². The third-order valence-electron chi connectivity index (χ3n) is 7.46. The first-order valence-electron chi connectivity index (χ1n) is 13.8. The minimum Gasteiger partial charge on any atom is -0.874 e. The highest BCUT2D eigenvalue weighted by molar-refractivity contribution is 6.10. The SMILES string of the molecule is CC(=C1C=C(C(C)(C)C)OC(C(C)(C)C)=C1)C1=C([O-])C(C(C)c2cc(C(C)(C)C)[o+]c(C(C)(C)C)c2)C1=O. The molecule has 1 aromatic rings. The highest BCUT2D eigenvalue weighted by Crippen LogP contribution is 2.45. The molecular formula is C34H48O4. The molecule has 4 heteroatoms. The molecule has 38 heavy (non-hydrogen) atoms. The van der Waals surface area contributed by atoms with Crippen molar-refractivity contribution in [2.75, 3.05) is 0 Å². The summed E-state index contributed by atoms with van der Waals surface area (Å²) in [6.07, 6.45) is 3.97. The van der Waals surface area contributed by atoms with Crippen LogP contribution in [-0.4, -0.2) is 5.78 Å². The van der Waals surface area contributed by atoms with Gasteiger partial charge in [0.2, 0.25) is 0 Å². The highest BCUT2D eigenvalue weighted by Gasteiger charge is 2.42. The highest BCUT2D eigenvalue weighted by atomic mass is 16.5. The number of hydrogen-bond donors (Lipinski definition) is 0. The van der Waals surface area contributed by atoms with E-state index in [9.17, 15) is 9.90 Å². The van der Waals surface area contributed by atoms with E-state index < -0.39 is 5.92 Å². The Morgan fingerprint density at radius 2 is 1.24 bits per heavy atom. The van der Waals surface area contributed by atoms with E-state index >= 15 is 0 Å². The van der Waals surface area contributed by atoms with Crippen molar-refractivity contribution in [3.8, 4) is 0 Å². The van der Waals surface area contributed by atoms with Crippen LogP contribution in [0.1, 0.15) is 120 Å². The van der Waals surface area contributed by atoms with Gasteiger partial charge in [0.1, 0.15) is 11.5 Å². The summed E-state index contributed by atoms with van der Waals surface area (Å²) in [5, 5.41) is 13.6. The van der Waals surface area contributed by atoms with Gasteiger partial charge >= 0.3 is 11.5 Å². The number of allylic oxidation sites excluding steroid dienone is 8. The van der Waals surface area contributed by atoms with Gasteiger partial charge in [-0.2, -0.15) is 0 Å². The molecule has 1 aromatic heterocycles. The summed E-state index contributed by atoms with van der Waals surface area (Å²) in [7, 11) is 0. The molecule has 0 N–H and O–H groups in total. The van der Waals surface area contributed by atoms with Crippen LogP contribution in [0.4, 0.5) is 0 Å². The summed E-state index contributed by atoms with van der Waals surface area (Å²) in [5.74, 6) is 2.30. The molecule has 0 fully saturated rings. The third-order valence-corrected chi connectivity index (χ3v) is 7.46. The van der Waals surface area contributed by atoms with Gasteiger partial charge in [0.25, 0.3) is 0 Å². The van der Waals surface area contributed by atoms with Crippen LogP contribution < -0.4 is 5.11 Å². The van der Waals surface area contributed by atoms with Crippen molar-refractivity contribution >= 4 is 5.78 Å². The van der Waals surface area contributed by atoms with Gasteiger partial charge in [-0.05, 0) is 83.2 Å². The van der Waals surface area contributed by atoms with Crippen molar-refractivity contribution in [3.63, 3.8) is 0 Å². The predicted molar refractivity (Wildman–Crippen MR) is 153 cm³/mol. The van der Waals surface area contributed by atoms with Crippen LogP contribution in [0.3, 0.4) is 0 Å². The molecule has 0 spiro atoms. The molecule has 1 aliphatic carbocycles. The van der Waals surface area contributed by atoms with Crippen LogP contribution in [-0.2, 0) is 20.4 Å². The van der Waals surface area contributed by atoms with Gasteiger partial charge in [0.05, 0.1) is 10.8 Å². The molecule has 4 nitrogen and oxygen atoms in total. The van der Waals surface area contributed by atoms with Gasteiger partial charge in [-0.3, -0.25) is 4.79 Å². The standard InChI is InChI=1S/C34H48O4/c1-19(21-15-23(31(3,4)5)37-24(16-21)32(6,7)8)27-29(35)28(30(27)36)20(2)22-17-25(33(9,10)11)38-26(18-22)34(12,13)14/h15-19,27H,1-14H3. The molecule has 0 radical (unpaired) electrons. The van der Waals surface area contributed by atoms with E-state index in [1.54, 1.807) is 0 Å². The number of ether oxygens (including phenoxy) is 1. The van der Waals surface area contributed by atoms with Crippen molar-refractivity contribution in [1.29, 1.82) is 0 Å². The molecule has 2 heterocycles. The third kappa shape index (κ3) is 5.84. The molecule has 3 rings (SSSR count). The van der Waals surface area contributed by atoms with E-state index in [0.717, 1.165) is 39.7 Å². The first-order valence-corrected chi connectivity index (χ1v) is 13.8. The second-order valence-corrected chi connectivity index (χ2v) is 15.2. The monoisotopic (exact) mass is 520 g/mol. The fourth-order valence-corrected chi connectivity index (χ4v) is 4.62. The number of hydrogen-bond acceptors (Lipinski definition) is 3. The normalized spacial score (nSPS) is 20.0. The van der Waals surface area contributed by atoms with E-state index in [-0.39, 0.29) is 39.1 Å². The summed E-state index contributed by atoms with van der Waals surface area (Å²) >= 11 is 0. The van der Waals surface area contributed by atoms with Crippen LogP contribution in [0.25, 0.3) is 0 Å². The molecule has 2 aliphatic rings. The topological polar surface area (TPSA) is 60.7 Å². The van der Waals surface area contributed by atoms with Crippen LogP contribution in [0.5, 0.6) is 0 Å². The summed E-state index contributed by atoms with van der Waals surface area (Å²) in [6.45, 7) is 29.2. The molecular weight excluding hydrogens is 472 g/mol. The minimum absolute atomic E-state index is 0.0779. The first-order chi connectivity index (χ1) is 17.0. The quantitative estimate of drug-likeness (QED) is 0.376. The Morgan fingerprint density at radius 1 is 0.816 bits per heavy atom. The molecule has 0 amide bonds. The maximum Gasteiger partial charge on any atom is 0.334 e. The zero-order valence-electron chi connectivity index (χ0n) is 26.1. The molecule has 2 atom stereocenters. The Balaban J connectivity index is 2.09. The Bertz CT molecular complexity index is 1190. The van der Waals surface area contributed by atoms with Gasteiger partial charge in [-0.15, -0.1) is 5.76 Å². The zero-order chi connectivity index (χ0) is 29.2. The Hall–Kier alpha value is -2.62.